The summed E-state index contributed by atoms with van der Waals surface area (Å²) in [6.45, 7) is 4.34. The van der Waals surface area contributed by atoms with Crippen LogP contribution in [0.2, 0.25) is 0 Å². The van der Waals surface area contributed by atoms with E-state index in [9.17, 15) is 5.26 Å². The van der Waals surface area contributed by atoms with E-state index < -0.39 is 0 Å². The molecule has 3 heteroatoms. The molecule has 0 saturated heterocycles. The Morgan fingerprint density at radius 1 is 1.50 bits per heavy atom. The van der Waals surface area contributed by atoms with Gasteiger partial charge >= 0.3 is 0 Å². The minimum Gasteiger partial charge on any atom is -0.240 e. The lowest BCUT2D eigenvalue weighted by Crippen LogP contribution is -2.34. The third kappa shape index (κ3) is 1.92. The van der Waals surface area contributed by atoms with Gasteiger partial charge in [-0.1, -0.05) is 13.8 Å². The standard InChI is InChI=1S/C13H17N3/c1-10(2)8-11-4-7-15-12(16-11)13(9-14)5-3-6-13/h4,7,10H,3,5-6,8H2,1-2H3. The van der Waals surface area contributed by atoms with Crippen LogP contribution in [0.15, 0.2) is 12.3 Å². The summed E-state index contributed by atoms with van der Waals surface area (Å²) in [5, 5.41) is 9.23. The lowest BCUT2D eigenvalue weighted by molar-refractivity contribution is 0.306. The summed E-state index contributed by atoms with van der Waals surface area (Å²) in [4.78, 5) is 8.82. The van der Waals surface area contributed by atoms with E-state index in [4.69, 9.17) is 0 Å². The van der Waals surface area contributed by atoms with Crippen LogP contribution >= 0.6 is 0 Å². The number of hydrogen-bond acceptors (Lipinski definition) is 3. The number of aromatic nitrogens is 2. The van der Waals surface area contributed by atoms with E-state index in [1.54, 1.807) is 6.20 Å². The summed E-state index contributed by atoms with van der Waals surface area (Å²) in [5.74, 6) is 1.32. The molecule has 16 heavy (non-hydrogen) atoms. The molecule has 0 N–H and O–H groups in total. The molecular weight excluding hydrogens is 198 g/mol. The van der Waals surface area contributed by atoms with Gasteiger partial charge in [-0.2, -0.15) is 5.26 Å². The van der Waals surface area contributed by atoms with Crippen molar-refractivity contribution in [3.8, 4) is 6.07 Å². The molecule has 84 valence electrons. The zero-order chi connectivity index (χ0) is 11.6. The van der Waals surface area contributed by atoms with Gasteiger partial charge in [-0.25, -0.2) is 9.97 Å². The molecule has 2 rings (SSSR count). The lowest BCUT2D eigenvalue weighted by atomic mass is 9.69. The van der Waals surface area contributed by atoms with E-state index in [-0.39, 0.29) is 5.41 Å². The fraction of sp³-hybridized carbons (Fsp3) is 0.615. The van der Waals surface area contributed by atoms with Gasteiger partial charge in [-0.15, -0.1) is 0 Å². The maximum absolute atomic E-state index is 9.23. The van der Waals surface area contributed by atoms with Crippen molar-refractivity contribution < 1.29 is 0 Å². The van der Waals surface area contributed by atoms with E-state index in [1.165, 1.54) is 0 Å². The quantitative estimate of drug-likeness (QED) is 0.778. The van der Waals surface area contributed by atoms with E-state index in [0.717, 1.165) is 37.2 Å². The molecule has 3 nitrogen and oxygen atoms in total. The second-order valence-corrected chi connectivity index (χ2v) is 5.02. The van der Waals surface area contributed by atoms with Crippen LogP contribution < -0.4 is 0 Å². The lowest BCUT2D eigenvalue weighted by Gasteiger charge is -2.33. The van der Waals surface area contributed by atoms with Crippen LogP contribution in [0.1, 0.15) is 44.6 Å². The van der Waals surface area contributed by atoms with Crippen molar-refractivity contribution in [2.45, 2.75) is 44.9 Å². The van der Waals surface area contributed by atoms with Crippen molar-refractivity contribution >= 4 is 0 Å². The van der Waals surface area contributed by atoms with Crippen molar-refractivity contribution in [2.24, 2.45) is 5.92 Å². The van der Waals surface area contributed by atoms with Crippen molar-refractivity contribution in [3.05, 3.63) is 23.8 Å². The first-order valence-corrected chi connectivity index (χ1v) is 5.90. The van der Waals surface area contributed by atoms with Gasteiger partial charge in [0.1, 0.15) is 11.2 Å². The second kappa shape index (κ2) is 4.21. The summed E-state index contributed by atoms with van der Waals surface area (Å²) >= 11 is 0. The van der Waals surface area contributed by atoms with Crippen molar-refractivity contribution in [2.75, 3.05) is 0 Å². The van der Waals surface area contributed by atoms with Crippen LogP contribution in [0.4, 0.5) is 0 Å². The zero-order valence-corrected chi connectivity index (χ0v) is 9.90. The summed E-state index contributed by atoms with van der Waals surface area (Å²) in [7, 11) is 0. The van der Waals surface area contributed by atoms with Crippen LogP contribution in [0.25, 0.3) is 0 Å². The molecular formula is C13H17N3. The largest absolute Gasteiger partial charge is 0.240 e. The Balaban J connectivity index is 2.26. The summed E-state index contributed by atoms with van der Waals surface area (Å²) in [6.07, 6.45) is 5.68. The Kier molecular flexibility index (Phi) is 2.91. The van der Waals surface area contributed by atoms with Gasteiger partial charge in [0.25, 0.3) is 0 Å². The molecule has 0 amide bonds. The molecule has 1 aromatic rings. The van der Waals surface area contributed by atoms with E-state index >= 15 is 0 Å². The highest BCUT2D eigenvalue weighted by molar-refractivity contribution is 5.25. The minimum absolute atomic E-state index is 0.382. The smallest absolute Gasteiger partial charge is 0.148 e. The van der Waals surface area contributed by atoms with E-state index in [0.29, 0.717) is 5.92 Å². The molecule has 0 aliphatic heterocycles. The number of hydrogen-bond donors (Lipinski definition) is 0. The van der Waals surface area contributed by atoms with Gasteiger partial charge in [0, 0.05) is 11.9 Å². The predicted molar refractivity (Wildman–Crippen MR) is 61.7 cm³/mol. The highest BCUT2D eigenvalue weighted by Crippen LogP contribution is 2.41. The van der Waals surface area contributed by atoms with Gasteiger partial charge in [0.05, 0.1) is 6.07 Å². The molecule has 0 bridgehead atoms. The molecule has 1 fully saturated rings. The molecule has 1 aliphatic rings. The second-order valence-electron chi connectivity index (χ2n) is 5.02. The van der Waals surface area contributed by atoms with Crippen LogP contribution in [-0.2, 0) is 11.8 Å². The third-order valence-corrected chi connectivity index (χ3v) is 3.18. The van der Waals surface area contributed by atoms with E-state index in [1.807, 2.05) is 6.07 Å². The molecule has 0 spiro atoms. The van der Waals surface area contributed by atoms with Gasteiger partial charge in [0.15, 0.2) is 0 Å². The number of nitrogens with zero attached hydrogens (tertiary/aromatic N) is 3. The zero-order valence-electron chi connectivity index (χ0n) is 9.90. The summed E-state index contributed by atoms with van der Waals surface area (Å²) < 4.78 is 0. The summed E-state index contributed by atoms with van der Waals surface area (Å²) in [5.41, 5.74) is 0.675. The first kappa shape index (κ1) is 11.1. The summed E-state index contributed by atoms with van der Waals surface area (Å²) in [6, 6.07) is 4.34. The normalized spacial score (nSPS) is 17.9. The van der Waals surface area contributed by atoms with Crippen LogP contribution in [0.3, 0.4) is 0 Å². The van der Waals surface area contributed by atoms with Crippen LogP contribution in [-0.4, -0.2) is 9.97 Å². The maximum atomic E-state index is 9.23. The monoisotopic (exact) mass is 215 g/mol. The number of nitriles is 1. The Labute approximate surface area is 96.5 Å². The molecule has 0 aromatic carbocycles. The number of rotatable bonds is 3. The molecule has 1 heterocycles. The Hall–Kier alpha value is -1.43. The Bertz CT molecular complexity index is 413. The molecule has 0 radical (unpaired) electrons. The van der Waals surface area contributed by atoms with Crippen molar-refractivity contribution in [1.29, 1.82) is 5.26 Å². The SMILES string of the molecule is CC(C)Cc1ccnc(C2(C#N)CCC2)n1. The molecule has 1 aromatic heterocycles. The van der Waals surface area contributed by atoms with Crippen molar-refractivity contribution in [1.82, 2.24) is 9.97 Å². The highest BCUT2D eigenvalue weighted by atomic mass is 14.9. The van der Waals surface area contributed by atoms with Gasteiger partial charge in [-0.3, -0.25) is 0 Å². The average molecular weight is 215 g/mol. The first-order valence-electron chi connectivity index (χ1n) is 5.90. The molecule has 0 atom stereocenters. The maximum Gasteiger partial charge on any atom is 0.148 e. The third-order valence-electron chi connectivity index (χ3n) is 3.18. The molecule has 1 aliphatic carbocycles. The van der Waals surface area contributed by atoms with Gasteiger partial charge in [0.2, 0.25) is 0 Å². The first-order chi connectivity index (χ1) is 7.66. The fourth-order valence-electron chi connectivity index (χ4n) is 2.07. The van der Waals surface area contributed by atoms with Crippen LogP contribution in [0, 0.1) is 17.2 Å². The fourth-order valence-corrected chi connectivity index (χ4v) is 2.07. The molecule has 1 saturated carbocycles. The highest BCUT2D eigenvalue weighted by Gasteiger charge is 2.41. The predicted octanol–water partition coefficient (Wildman–Crippen LogP) is 2.62. The Morgan fingerprint density at radius 3 is 2.75 bits per heavy atom. The van der Waals surface area contributed by atoms with Crippen molar-refractivity contribution in [3.63, 3.8) is 0 Å². The average Bonchev–Trinajstić information content (AvgIpc) is 2.16. The molecule has 0 unspecified atom stereocenters. The topological polar surface area (TPSA) is 49.6 Å². The minimum atomic E-state index is -0.382. The van der Waals surface area contributed by atoms with Gasteiger partial charge in [-0.05, 0) is 37.7 Å². The van der Waals surface area contributed by atoms with Gasteiger partial charge < -0.3 is 0 Å². The van der Waals surface area contributed by atoms with E-state index in [2.05, 4.69) is 29.9 Å². The Morgan fingerprint density at radius 2 is 2.25 bits per heavy atom. The van der Waals surface area contributed by atoms with Crippen LogP contribution in [0.5, 0.6) is 0 Å².